The Morgan fingerprint density at radius 3 is 2.23 bits per heavy atom. The molecule has 0 unspecified atom stereocenters. The second kappa shape index (κ2) is 6.99. The highest BCUT2D eigenvalue weighted by Gasteiger charge is 2.29. The molecule has 3 aromatic rings. The van der Waals surface area contributed by atoms with Crippen LogP contribution in [0.4, 0.5) is 10.5 Å². The van der Waals surface area contributed by atoms with Crippen LogP contribution in [0, 0.1) is 3.57 Å². The molecule has 0 atom stereocenters. The molecule has 1 amide bonds. The number of aromatic hydroxyl groups is 1. The van der Waals surface area contributed by atoms with E-state index in [1.54, 1.807) is 18.2 Å². The molecule has 0 saturated heterocycles. The molecule has 0 bridgehead atoms. The average molecular weight is 457 g/mol. The van der Waals surface area contributed by atoms with Gasteiger partial charge in [-0.05, 0) is 63.0 Å². The first-order valence-corrected chi connectivity index (χ1v) is 9.32. The van der Waals surface area contributed by atoms with Gasteiger partial charge in [0, 0.05) is 9.49 Å². The maximum absolute atomic E-state index is 12.2. The first-order chi connectivity index (χ1) is 12.6. The summed E-state index contributed by atoms with van der Waals surface area (Å²) >= 11 is 2.09. The number of ether oxygens (including phenoxy) is 1. The molecule has 0 spiro atoms. The van der Waals surface area contributed by atoms with Crippen LogP contribution >= 0.6 is 22.6 Å². The lowest BCUT2D eigenvalue weighted by Crippen LogP contribution is -2.18. The molecule has 1 aliphatic rings. The van der Waals surface area contributed by atoms with Crippen LogP contribution in [0.2, 0.25) is 0 Å². The maximum atomic E-state index is 12.2. The fourth-order valence-electron chi connectivity index (χ4n) is 3.35. The van der Waals surface area contributed by atoms with E-state index in [2.05, 4.69) is 52.2 Å². The smallest absolute Gasteiger partial charge is 0.411 e. The van der Waals surface area contributed by atoms with Gasteiger partial charge in [-0.1, -0.05) is 48.5 Å². The van der Waals surface area contributed by atoms with Crippen molar-refractivity contribution in [2.45, 2.75) is 5.92 Å². The molecule has 0 aromatic heterocycles. The van der Waals surface area contributed by atoms with Crippen LogP contribution in [0.1, 0.15) is 17.0 Å². The number of phenols is 1. The van der Waals surface area contributed by atoms with E-state index in [1.807, 2.05) is 24.3 Å². The van der Waals surface area contributed by atoms with Gasteiger partial charge in [-0.3, -0.25) is 5.32 Å². The summed E-state index contributed by atoms with van der Waals surface area (Å²) in [5, 5.41) is 12.5. The Morgan fingerprint density at radius 1 is 1.00 bits per heavy atom. The molecule has 0 radical (unpaired) electrons. The number of carbonyl (C=O) groups is 1. The van der Waals surface area contributed by atoms with Crippen molar-refractivity contribution in [3.05, 3.63) is 81.4 Å². The Bertz CT molecular complexity index is 941. The van der Waals surface area contributed by atoms with Crippen molar-refractivity contribution in [1.82, 2.24) is 0 Å². The van der Waals surface area contributed by atoms with Gasteiger partial charge < -0.3 is 9.84 Å². The van der Waals surface area contributed by atoms with Crippen LogP contribution in [0.3, 0.4) is 0 Å². The summed E-state index contributed by atoms with van der Waals surface area (Å²) in [5.41, 5.74) is 5.04. The Kier molecular flexibility index (Phi) is 4.55. The largest absolute Gasteiger partial charge is 0.506 e. The van der Waals surface area contributed by atoms with Crippen LogP contribution in [-0.2, 0) is 4.74 Å². The van der Waals surface area contributed by atoms with Crippen LogP contribution < -0.4 is 5.32 Å². The van der Waals surface area contributed by atoms with Crippen molar-refractivity contribution in [3.63, 3.8) is 0 Å². The summed E-state index contributed by atoms with van der Waals surface area (Å²) in [7, 11) is 0. The van der Waals surface area contributed by atoms with Crippen molar-refractivity contribution in [3.8, 4) is 16.9 Å². The van der Waals surface area contributed by atoms with E-state index in [9.17, 15) is 9.90 Å². The van der Waals surface area contributed by atoms with Crippen molar-refractivity contribution < 1.29 is 14.6 Å². The number of rotatable bonds is 3. The normalized spacial score (nSPS) is 12.3. The van der Waals surface area contributed by atoms with Gasteiger partial charge in [0.05, 0.1) is 5.69 Å². The highest BCUT2D eigenvalue weighted by molar-refractivity contribution is 14.1. The predicted molar refractivity (Wildman–Crippen MR) is 110 cm³/mol. The Balaban J connectivity index is 1.50. The number of carbonyl (C=O) groups excluding carboxylic acids is 1. The van der Waals surface area contributed by atoms with Crippen LogP contribution in [-0.4, -0.2) is 17.8 Å². The zero-order valence-corrected chi connectivity index (χ0v) is 15.9. The minimum atomic E-state index is -0.580. The number of phenolic OH excluding ortho intramolecular Hbond substituents is 1. The number of benzene rings is 3. The number of amides is 1. The molecule has 5 heteroatoms. The van der Waals surface area contributed by atoms with Crippen LogP contribution in [0.15, 0.2) is 66.7 Å². The number of nitrogens with one attached hydrogen (secondary N) is 1. The van der Waals surface area contributed by atoms with E-state index in [1.165, 1.54) is 22.3 Å². The molecule has 4 nitrogen and oxygen atoms in total. The van der Waals surface area contributed by atoms with Gasteiger partial charge in [0.1, 0.15) is 12.4 Å². The van der Waals surface area contributed by atoms with Gasteiger partial charge in [-0.25, -0.2) is 4.79 Å². The average Bonchev–Trinajstić information content (AvgIpc) is 2.96. The van der Waals surface area contributed by atoms with Gasteiger partial charge in [-0.15, -0.1) is 0 Å². The molecule has 0 heterocycles. The highest BCUT2D eigenvalue weighted by atomic mass is 127. The third-order valence-corrected chi connectivity index (χ3v) is 5.21. The molecule has 2 N–H and O–H groups in total. The third-order valence-electron chi connectivity index (χ3n) is 4.54. The lowest BCUT2D eigenvalue weighted by Gasteiger charge is -2.15. The Labute approximate surface area is 165 Å². The molecule has 26 heavy (non-hydrogen) atoms. The summed E-state index contributed by atoms with van der Waals surface area (Å²) in [6.45, 7) is 0.241. The number of halogens is 1. The van der Waals surface area contributed by atoms with Gasteiger partial charge >= 0.3 is 6.09 Å². The molecule has 3 aromatic carbocycles. The molecule has 130 valence electrons. The third kappa shape index (κ3) is 3.14. The van der Waals surface area contributed by atoms with E-state index in [4.69, 9.17) is 4.74 Å². The van der Waals surface area contributed by atoms with E-state index < -0.39 is 6.09 Å². The summed E-state index contributed by atoms with van der Waals surface area (Å²) in [6.07, 6.45) is -0.580. The van der Waals surface area contributed by atoms with E-state index in [0.29, 0.717) is 5.69 Å². The monoisotopic (exact) mass is 457 g/mol. The Morgan fingerprint density at radius 2 is 1.62 bits per heavy atom. The number of hydrogen-bond acceptors (Lipinski definition) is 3. The van der Waals surface area contributed by atoms with Gasteiger partial charge in [0.15, 0.2) is 0 Å². The Hall–Kier alpha value is -2.54. The summed E-state index contributed by atoms with van der Waals surface area (Å²) in [4.78, 5) is 12.2. The summed E-state index contributed by atoms with van der Waals surface area (Å²) < 4.78 is 6.35. The lowest BCUT2D eigenvalue weighted by atomic mass is 9.98. The highest BCUT2D eigenvalue weighted by Crippen LogP contribution is 2.44. The van der Waals surface area contributed by atoms with Gasteiger partial charge in [-0.2, -0.15) is 0 Å². The van der Waals surface area contributed by atoms with Gasteiger partial charge in [0.25, 0.3) is 0 Å². The maximum Gasteiger partial charge on any atom is 0.411 e. The van der Waals surface area contributed by atoms with Gasteiger partial charge in [0.2, 0.25) is 0 Å². The van der Waals surface area contributed by atoms with Crippen LogP contribution in [0.25, 0.3) is 11.1 Å². The standard InChI is InChI=1S/C21H16INO3/c22-13-9-10-19(20(24)11-13)23-21(25)26-12-18-16-7-3-1-5-14(16)15-6-2-4-8-17(15)18/h1-11,18,24H,12H2,(H,23,25). The molecular weight excluding hydrogens is 441 g/mol. The fraction of sp³-hybridized carbons (Fsp3) is 0.0952. The predicted octanol–water partition coefficient (Wildman–Crippen LogP) is 5.36. The van der Waals surface area contributed by atoms with E-state index in [-0.39, 0.29) is 18.3 Å². The molecule has 0 fully saturated rings. The SMILES string of the molecule is O=C(Nc1ccc(I)cc1O)OCC1c2ccccc2-c2ccccc21. The van der Waals surface area contributed by atoms with Crippen molar-refractivity contribution >= 4 is 34.4 Å². The molecule has 0 saturated carbocycles. The van der Waals surface area contributed by atoms with Crippen molar-refractivity contribution in [1.29, 1.82) is 0 Å². The zero-order chi connectivity index (χ0) is 18.1. The van der Waals surface area contributed by atoms with E-state index >= 15 is 0 Å². The minimum Gasteiger partial charge on any atom is -0.506 e. The fourth-order valence-corrected chi connectivity index (χ4v) is 3.83. The second-order valence-corrected chi connectivity index (χ2v) is 7.36. The van der Waals surface area contributed by atoms with E-state index in [0.717, 1.165) is 3.57 Å². The quantitative estimate of drug-likeness (QED) is 0.412. The zero-order valence-electron chi connectivity index (χ0n) is 13.8. The minimum absolute atomic E-state index is 0.0125. The number of fused-ring (bicyclic) bond motifs is 3. The molecule has 4 rings (SSSR count). The molecule has 0 aliphatic heterocycles. The first-order valence-electron chi connectivity index (χ1n) is 8.24. The molecular formula is C21H16INO3. The summed E-state index contributed by atoms with van der Waals surface area (Å²) in [5.74, 6) is 0.0314. The number of hydrogen-bond donors (Lipinski definition) is 2. The number of anilines is 1. The topological polar surface area (TPSA) is 58.6 Å². The lowest BCUT2D eigenvalue weighted by molar-refractivity contribution is 0.158. The van der Waals surface area contributed by atoms with Crippen molar-refractivity contribution in [2.75, 3.05) is 11.9 Å². The second-order valence-electron chi connectivity index (χ2n) is 6.11. The van der Waals surface area contributed by atoms with Crippen molar-refractivity contribution in [2.24, 2.45) is 0 Å². The molecule has 1 aliphatic carbocycles. The first kappa shape index (κ1) is 16.9. The summed E-state index contributed by atoms with van der Waals surface area (Å²) in [6, 6.07) is 21.4. The van der Waals surface area contributed by atoms with Crippen LogP contribution in [0.5, 0.6) is 5.75 Å².